The first-order chi connectivity index (χ1) is 7.09. The molecule has 16 heavy (non-hydrogen) atoms. The Labute approximate surface area is 97.6 Å². The number of carbonyl (C=O) groups is 1. The zero-order valence-corrected chi connectivity index (χ0v) is 11.1. The largest absolute Gasteiger partial charge is 0.367 e. The van der Waals surface area contributed by atoms with Crippen molar-refractivity contribution in [2.45, 2.75) is 47.1 Å². The Bertz CT molecular complexity index is 377. The molecule has 0 aromatic carbocycles. The summed E-state index contributed by atoms with van der Waals surface area (Å²) in [7, 11) is 0. The molecule has 0 radical (unpaired) electrons. The predicted molar refractivity (Wildman–Crippen MR) is 68.0 cm³/mol. The summed E-state index contributed by atoms with van der Waals surface area (Å²) in [6, 6.07) is 3.74. The number of aromatic nitrogens is 1. The maximum Gasteiger partial charge on any atom is 0.184 e. The Kier molecular flexibility index (Phi) is 3.17. The molecule has 0 unspecified atom stereocenters. The fourth-order valence-electron chi connectivity index (χ4n) is 1.41. The summed E-state index contributed by atoms with van der Waals surface area (Å²) in [6.07, 6.45) is 0. The third kappa shape index (κ3) is 3.40. The van der Waals surface area contributed by atoms with Gasteiger partial charge in [-0.05, 0) is 32.9 Å². The highest BCUT2D eigenvalue weighted by molar-refractivity contribution is 5.98. The van der Waals surface area contributed by atoms with Gasteiger partial charge in [-0.1, -0.05) is 20.8 Å². The molecule has 1 aromatic rings. The molecule has 1 heterocycles. The van der Waals surface area contributed by atoms with Gasteiger partial charge in [-0.3, -0.25) is 4.79 Å². The second-order valence-corrected chi connectivity index (χ2v) is 6.24. The third-order valence-corrected chi connectivity index (χ3v) is 2.12. The van der Waals surface area contributed by atoms with Gasteiger partial charge < -0.3 is 10.3 Å². The molecule has 90 valence electrons. The van der Waals surface area contributed by atoms with Crippen LogP contribution in [0.4, 0.5) is 5.82 Å². The quantitative estimate of drug-likeness (QED) is 0.753. The number of H-pyrrole nitrogens is 1. The summed E-state index contributed by atoms with van der Waals surface area (Å²) >= 11 is 0. The van der Waals surface area contributed by atoms with E-state index in [2.05, 4.69) is 31.1 Å². The molecule has 0 aliphatic heterocycles. The van der Waals surface area contributed by atoms with Gasteiger partial charge in [-0.15, -0.1) is 0 Å². The normalized spacial score (nSPS) is 12.6. The molecule has 2 N–H and O–H groups in total. The predicted octanol–water partition coefficient (Wildman–Crippen LogP) is 3.45. The van der Waals surface area contributed by atoms with Crippen LogP contribution in [0.15, 0.2) is 12.1 Å². The van der Waals surface area contributed by atoms with Gasteiger partial charge in [0.15, 0.2) is 5.78 Å². The van der Waals surface area contributed by atoms with Gasteiger partial charge in [0, 0.05) is 11.0 Å². The molecule has 3 heteroatoms. The average molecular weight is 222 g/mol. The van der Waals surface area contributed by atoms with E-state index in [1.54, 1.807) is 0 Å². The number of Topliss-reactive ketones (excluding diaryl/α,β-unsaturated/α-hetero) is 1. The van der Waals surface area contributed by atoms with Crippen LogP contribution in [0.2, 0.25) is 0 Å². The average Bonchev–Trinajstić information content (AvgIpc) is 2.46. The van der Waals surface area contributed by atoms with Gasteiger partial charge in [-0.25, -0.2) is 0 Å². The zero-order chi connectivity index (χ0) is 12.6. The second kappa shape index (κ2) is 3.96. The van der Waals surface area contributed by atoms with E-state index in [4.69, 9.17) is 0 Å². The topological polar surface area (TPSA) is 44.9 Å². The molecular formula is C13H22N2O. The number of nitrogens with one attached hydrogen (secondary N) is 2. The van der Waals surface area contributed by atoms with Crippen LogP contribution in [-0.4, -0.2) is 16.3 Å². The second-order valence-electron chi connectivity index (χ2n) is 6.24. The standard InChI is InChI=1S/C13H22N2O/c1-12(2,3)11(16)9-7-8-10(14-9)15-13(4,5)6/h7-8,14-15H,1-6H3. The van der Waals surface area contributed by atoms with Crippen molar-refractivity contribution in [3.05, 3.63) is 17.8 Å². The highest BCUT2D eigenvalue weighted by Gasteiger charge is 2.24. The number of anilines is 1. The lowest BCUT2D eigenvalue weighted by Crippen LogP contribution is -2.26. The molecule has 0 amide bonds. The minimum Gasteiger partial charge on any atom is -0.367 e. The van der Waals surface area contributed by atoms with Crippen molar-refractivity contribution in [2.75, 3.05) is 5.32 Å². The smallest absolute Gasteiger partial charge is 0.184 e. The number of rotatable bonds is 2. The molecule has 1 rings (SSSR count). The van der Waals surface area contributed by atoms with E-state index in [0.29, 0.717) is 5.69 Å². The summed E-state index contributed by atoms with van der Waals surface area (Å²) < 4.78 is 0. The van der Waals surface area contributed by atoms with Crippen LogP contribution < -0.4 is 5.32 Å². The van der Waals surface area contributed by atoms with Gasteiger partial charge in [0.2, 0.25) is 0 Å². The van der Waals surface area contributed by atoms with Crippen molar-refractivity contribution < 1.29 is 4.79 Å². The van der Waals surface area contributed by atoms with Crippen LogP contribution in [0, 0.1) is 5.41 Å². The van der Waals surface area contributed by atoms with Gasteiger partial charge >= 0.3 is 0 Å². The van der Waals surface area contributed by atoms with Crippen molar-refractivity contribution in [2.24, 2.45) is 5.41 Å². The fraction of sp³-hybridized carbons (Fsp3) is 0.615. The Morgan fingerprint density at radius 1 is 1.12 bits per heavy atom. The molecule has 0 bridgehead atoms. The highest BCUT2D eigenvalue weighted by Crippen LogP contribution is 2.22. The van der Waals surface area contributed by atoms with Crippen molar-refractivity contribution >= 4 is 11.6 Å². The molecule has 0 saturated carbocycles. The number of hydrogen-bond acceptors (Lipinski definition) is 2. The van der Waals surface area contributed by atoms with Gasteiger partial charge in [0.1, 0.15) is 5.82 Å². The molecule has 0 aliphatic carbocycles. The maximum absolute atomic E-state index is 12.0. The fourth-order valence-corrected chi connectivity index (χ4v) is 1.41. The van der Waals surface area contributed by atoms with Crippen molar-refractivity contribution in [1.29, 1.82) is 0 Å². The Morgan fingerprint density at radius 3 is 2.12 bits per heavy atom. The summed E-state index contributed by atoms with van der Waals surface area (Å²) in [6.45, 7) is 12.0. The lowest BCUT2D eigenvalue weighted by molar-refractivity contribution is 0.0853. The first-order valence-electron chi connectivity index (χ1n) is 5.61. The maximum atomic E-state index is 12.0. The van der Waals surface area contributed by atoms with Gasteiger partial charge in [0.05, 0.1) is 5.69 Å². The molecule has 0 fully saturated rings. The van der Waals surface area contributed by atoms with E-state index in [1.165, 1.54) is 0 Å². The minimum atomic E-state index is -0.343. The Hall–Kier alpha value is -1.25. The van der Waals surface area contributed by atoms with E-state index in [9.17, 15) is 4.79 Å². The van der Waals surface area contributed by atoms with Gasteiger partial charge in [0.25, 0.3) is 0 Å². The Balaban J connectivity index is 2.84. The van der Waals surface area contributed by atoms with E-state index >= 15 is 0 Å². The molecule has 0 saturated heterocycles. The summed E-state index contributed by atoms with van der Waals surface area (Å²) in [5, 5.41) is 3.30. The van der Waals surface area contributed by atoms with Crippen LogP contribution in [0.1, 0.15) is 52.0 Å². The lowest BCUT2D eigenvalue weighted by atomic mass is 9.89. The molecule has 0 spiro atoms. The summed E-state index contributed by atoms with van der Waals surface area (Å²) in [4.78, 5) is 15.1. The number of aromatic amines is 1. The molecule has 3 nitrogen and oxygen atoms in total. The summed E-state index contributed by atoms with van der Waals surface area (Å²) in [5.41, 5.74) is 0.316. The number of hydrogen-bond donors (Lipinski definition) is 2. The van der Waals surface area contributed by atoms with Gasteiger partial charge in [-0.2, -0.15) is 0 Å². The number of carbonyl (C=O) groups excluding carboxylic acids is 1. The summed E-state index contributed by atoms with van der Waals surface area (Å²) in [5.74, 6) is 1.02. The molecule has 0 aliphatic rings. The highest BCUT2D eigenvalue weighted by atomic mass is 16.1. The van der Waals surface area contributed by atoms with Crippen LogP contribution in [0.5, 0.6) is 0 Å². The van der Waals surface area contributed by atoms with Crippen molar-refractivity contribution in [1.82, 2.24) is 4.98 Å². The van der Waals surface area contributed by atoms with E-state index < -0.39 is 0 Å². The SMILES string of the molecule is CC(C)(C)Nc1ccc(C(=O)C(C)(C)C)[nH]1. The molecule has 1 aromatic heterocycles. The van der Waals surface area contributed by atoms with Crippen LogP contribution in [0.25, 0.3) is 0 Å². The van der Waals surface area contributed by atoms with E-state index in [1.807, 2.05) is 32.9 Å². The lowest BCUT2D eigenvalue weighted by Gasteiger charge is -2.21. The van der Waals surface area contributed by atoms with Crippen molar-refractivity contribution in [3.63, 3.8) is 0 Å². The first kappa shape index (κ1) is 12.8. The zero-order valence-electron chi connectivity index (χ0n) is 11.1. The van der Waals surface area contributed by atoms with Crippen LogP contribution >= 0.6 is 0 Å². The van der Waals surface area contributed by atoms with E-state index in [-0.39, 0.29) is 16.7 Å². The van der Waals surface area contributed by atoms with Crippen LogP contribution in [-0.2, 0) is 0 Å². The Morgan fingerprint density at radius 2 is 1.69 bits per heavy atom. The minimum absolute atomic E-state index is 0.00704. The van der Waals surface area contributed by atoms with Crippen LogP contribution in [0.3, 0.4) is 0 Å². The monoisotopic (exact) mass is 222 g/mol. The third-order valence-electron chi connectivity index (χ3n) is 2.12. The number of ketones is 1. The van der Waals surface area contributed by atoms with E-state index in [0.717, 1.165) is 5.82 Å². The molecular weight excluding hydrogens is 200 g/mol. The molecule has 0 atom stereocenters. The van der Waals surface area contributed by atoms with Crippen molar-refractivity contribution in [3.8, 4) is 0 Å². The first-order valence-corrected chi connectivity index (χ1v) is 5.61.